The van der Waals surface area contributed by atoms with E-state index in [4.69, 9.17) is 9.72 Å². The standard InChI is InChI=1S/C30H37N5O2S/c1-21-26(19-31)28(22-8-3-2-4-9-22)29(38-21)27-13-14-32-30(34-27)33-23-10-5-12-25(18-23)37-17-7-16-35-15-6-11-24(35)20-36/h5,10,12-14,18,22,24,36H,2-4,6-9,11,15-17,20H2,1H3,(H,32,33,34)/t24-/m0/s1. The maximum absolute atomic E-state index is 9.91. The van der Waals surface area contributed by atoms with Crippen molar-refractivity contribution < 1.29 is 9.84 Å². The molecule has 7 nitrogen and oxygen atoms in total. The Bertz CT molecular complexity index is 1260. The van der Waals surface area contributed by atoms with E-state index in [2.05, 4.69) is 21.3 Å². The summed E-state index contributed by atoms with van der Waals surface area (Å²) in [6.45, 7) is 4.93. The predicted octanol–water partition coefficient (Wildman–Crippen LogP) is 6.40. The summed E-state index contributed by atoms with van der Waals surface area (Å²) < 4.78 is 6.02. The highest BCUT2D eigenvalue weighted by atomic mass is 32.1. The van der Waals surface area contributed by atoms with Gasteiger partial charge in [-0.1, -0.05) is 25.3 Å². The zero-order valence-corrected chi connectivity index (χ0v) is 23.0. The van der Waals surface area contributed by atoms with Crippen LogP contribution in [0.25, 0.3) is 10.6 Å². The number of aryl methyl sites for hydroxylation is 1. The summed E-state index contributed by atoms with van der Waals surface area (Å²) in [6.07, 6.45) is 11.0. The second-order valence-electron chi connectivity index (χ2n) is 10.4. The number of hydrogen-bond donors (Lipinski definition) is 2. The van der Waals surface area contributed by atoms with E-state index in [0.717, 1.165) is 77.6 Å². The van der Waals surface area contributed by atoms with Gasteiger partial charge in [-0.15, -0.1) is 11.3 Å². The molecular formula is C30H37N5O2S. The first-order valence-corrected chi connectivity index (χ1v) is 14.7. The van der Waals surface area contributed by atoms with Crippen molar-refractivity contribution >= 4 is 23.0 Å². The fourth-order valence-corrected chi connectivity index (χ4v) is 7.03. The molecule has 1 saturated carbocycles. The first-order chi connectivity index (χ1) is 18.7. The maximum atomic E-state index is 9.91. The van der Waals surface area contributed by atoms with Gasteiger partial charge in [0.05, 0.1) is 29.3 Å². The SMILES string of the molecule is Cc1sc(-c2ccnc(Nc3cccc(OCCCN4CCC[C@H]4CO)c3)n2)c(C2CCCCC2)c1C#N. The summed E-state index contributed by atoms with van der Waals surface area (Å²) >= 11 is 1.67. The smallest absolute Gasteiger partial charge is 0.227 e. The van der Waals surface area contributed by atoms with Crippen molar-refractivity contribution in [2.24, 2.45) is 0 Å². The summed E-state index contributed by atoms with van der Waals surface area (Å²) in [4.78, 5) is 13.9. The van der Waals surface area contributed by atoms with Crippen LogP contribution in [0.5, 0.6) is 5.75 Å². The number of ether oxygens (including phenoxy) is 1. The van der Waals surface area contributed by atoms with Crippen LogP contribution in [0.2, 0.25) is 0 Å². The molecule has 0 amide bonds. The fraction of sp³-hybridized carbons (Fsp3) is 0.500. The van der Waals surface area contributed by atoms with E-state index in [1.807, 2.05) is 37.3 Å². The van der Waals surface area contributed by atoms with Crippen LogP contribution in [-0.2, 0) is 0 Å². The molecule has 1 aliphatic carbocycles. The number of likely N-dealkylation sites (tertiary alicyclic amines) is 1. The minimum Gasteiger partial charge on any atom is -0.493 e. The molecule has 200 valence electrons. The van der Waals surface area contributed by atoms with Crippen LogP contribution in [0.15, 0.2) is 36.5 Å². The predicted molar refractivity (Wildman–Crippen MR) is 152 cm³/mol. The summed E-state index contributed by atoms with van der Waals surface area (Å²) in [5.74, 6) is 1.76. The lowest BCUT2D eigenvalue weighted by atomic mass is 9.82. The Morgan fingerprint density at radius 1 is 1.18 bits per heavy atom. The van der Waals surface area contributed by atoms with E-state index in [0.29, 0.717) is 24.5 Å². The van der Waals surface area contributed by atoms with Crippen LogP contribution < -0.4 is 10.1 Å². The Kier molecular flexibility index (Phi) is 8.90. The quantitative estimate of drug-likeness (QED) is 0.292. The number of nitrogens with one attached hydrogen (secondary N) is 1. The molecule has 0 bridgehead atoms. The highest BCUT2D eigenvalue weighted by molar-refractivity contribution is 7.15. The van der Waals surface area contributed by atoms with Crippen LogP contribution in [-0.4, -0.2) is 52.3 Å². The van der Waals surface area contributed by atoms with E-state index in [1.165, 1.54) is 24.8 Å². The number of nitrogens with zero attached hydrogens (tertiary/aromatic N) is 4. The molecule has 2 aromatic heterocycles. The minimum atomic E-state index is 0.241. The molecule has 2 fully saturated rings. The third-order valence-corrected chi connectivity index (χ3v) is 8.94. The summed E-state index contributed by atoms with van der Waals surface area (Å²) in [7, 11) is 0. The Hall–Kier alpha value is -2.99. The van der Waals surface area contributed by atoms with Crippen LogP contribution in [0.4, 0.5) is 11.6 Å². The van der Waals surface area contributed by atoms with E-state index >= 15 is 0 Å². The molecule has 38 heavy (non-hydrogen) atoms. The van der Waals surface area contributed by atoms with Gasteiger partial charge in [-0.25, -0.2) is 9.97 Å². The summed E-state index contributed by atoms with van der Waals surface area (Å²) in [5, 5.41) is 22.7. The average Bonchev–Trinajstić information content (AvgIpc) is 3.55. The number of nitriles is 1. The van der Waals surface area contributed by atoms with Crippen molar-refractivity contribution in [2.45, 2.75) is 70.3 Å². The molecule has 1 aliphatic heterocycles. The number of aromatic nitrogens is 2. The summed E-state index contributed by atoms with van der Waals surface area (Å²) in [6, 6.07) is 12.6. The number of benzene rings is 1. The molecule has 3 aromatic rings. The van der Waals surface area contributed by atoms with Crippen LogP contribution in [0.3, 0.4) is 0 Å². The zero-order chi connectivity index (χ0) is 26.3. The molecule has 1 saturated heterocycles. The largest absolute Gasteiger partial charge is 0.493 e. The molecule has 1 aromatic carbocycles. The first kappa shape index (κ1) is 26.6. The number of anilines is 2. The second kappa shape index (κ2) is 12.7. The second-order valence-corrected chi connectivity index (χ2v) is 11.6. The van der Waals surface area contributed by atoms with Crippen molar-refractivity contribution in [3.05, 3.63) is 52.5 Å². The van der Waals surface area contributed by atoms with Gasteiger partial charge in [0.15, 0.2) is 0 Å². The van der Waals surface area contributed by atoms with E-state index in [-0.39, 0.29) is 6.61 Å². The monoisotopic (exact) mass is 531 g/mol. The lowest BCUT2D eigenvalue weighted by molar-refractivity contribution is 0.150. The van der Waals surface area contributed by atoms with E-state index < -0.39 is 0 Å². The number of hydrogen-bond acceptors (Lipinski definition) is 8. The molecule has 3 heterocycles. The fourth-order valence-electron chi connectivity index (χ4n) is 5.86. The number of aliphatic hydroxyl groups excluding tert-OH is 1. The first-order valence-electron chi connectivity index (χ1n) is 13.9. The van der Waals surface area contributed by atoms with Gasteiger partial charge in [0.2, 0.25) is 5.95 Å². The van der Waals surface area contributed by atoms with E-state index in [1.54, 1.807) is 17.5 Å². The van der Waals surface area contributed by atoms with Gasteiger partial charge in [-0.3, -0.25) is 4.90 Å². The van der Waals surface area contributed by atoms with Crippen LogP contribution >= 0.6 is 11.3 Å². The molecule has 8 heteroatoms. The normalized spacial score (nSPS) is 18.4. The van der Waals surface area contributed by atoms with Gasteiger partial charge in [0.1, 0.15) is 11.8 Å². The van der Waals surface area contributed by atoms with Gasteiger partial charge in [0.25, 0.3) is 0 Å². The summed E-state index contributed by atoms with van der Waals surface area (Å²) in [5.41, 5.74) is 3.76. The average molecular weight is 532 g/mol. The molecule has 2 aliphatic rings. The van der Waals surface area contributed by atoms with Crippen molar-refractivity contribution in [2.75, 3.05) is 31.6 Å². The van der Waals surface area contributed by atoms with Crippen molar-refractivity contribution in [3.63, 3.8) is 0 Å². The molecule has 0 spiro atoms. The van der Waals surface area contributed by atoms with Gasteiger partial charge in [0, 0.05) is 35.4 Å². The minimum absolute atomic E-state index is 0.241. The Morgan fingerprint density at radius 2 is 2.05 bits per heavy atom. The van der Waals surface area contributed by atoms with Gasteiger partial charge < -0.3 is 15.2 Å². The van der Waals surface area contributed by atoms with Crippen molar-refractivity contribution in [3.8, 4) is 22.4 Å². The Balaban J connectivity index is 1.25. The number of thiophene rings is 1. The maximum Gasteiger partial charge on any atom is 0.227 e. The molecule has 2 N–H and O–H groups in total. The molecule has 0 unspecified atom stereocenters. The molecular weight excluding hydrogens is 494 g/mol. The highest BCUT2D eigenvalue weighted by Crippen LogP contribution is 2.44. The number of aliphatic hydroxyl groups is 1. The van der Waals surface area contributed by atoms with Crippen molar-refractivity contribution in [1.29, 1.82) is 5.26 Å². The third kappa shape index (κ3) is 6.17. The van der Waals surface area contributed by atoms with Gasteiger partial charge in [-0.05, 0) is 75.3 Å². The molecule has 1 atom stereocenters. The van der Waals surface area contributed by atoms with Gasteiger partial charge >= 0.3 is 0 Å². The van der Waals surface area contributed by atoms with E-state index in [9.17, 15) is 10.4 Å². The zero-order valence-electron chi connectivity index (χ0n) is 22.2. The van der Waals surface area contributed by atoms with Crippen molar-refractivity contribution in [1.82, 2.24) is 14.9 Å². The molecule has 0 radical (unpaired) electrons. The lowest BCUT2D eigenvalue weighted by Crippen LogP contribution is -2.33. The third-order valence-electron chi connectivity index (χ3n) is 7.79. The van der Waals surface area contributed by atoms with Crippen LogP contribution in [0.1, 0.15) is 73.3 Å². The molecule has 5 rings (SSSR count). The highest BCUT2D eigenvalue weighted by Gasteiger charge is 2.27. The Labute approximate surface area is 229 Å². The number of rotatable bonds is 10. The van der Waals surface area contributed by atoms with Gasteiger partial charge in [-0.2, -0.15) is 5.26 Å². The lowest BCUT2D eigenvalue weighted by Gasteiger charge is -2.22. The topological polar surface area (TPSA) is 94.3 Å². The van der Waals surface area contributed by atoms with Crippen LogP contribution in [0, 0.1) is 18.3 Å². The Morgan fingerprint density at radius 3 is 2.87 bits per heavy atom.